The molecule has 29 heavy (non-hydrogen) atoms. The predicted octanol–water partition coefficient (Wildman–Crippen LogP) is 4.53. The van der Waals surface area contributed by atoms with Crippen molar-refractivity contribution in [3.63, 3.8) is 0 Å². The molecule has 5 nitrogen and oxygen atoms in total. The maximum Gasteiger partial charge on any atom is 0.231 e. The average molecular weight is 441 g/mol. The van der Waals surface area contributed by atoms with Gasteiger partial charge in [0.2, 0.25) is 5.91 Å². The number of thiophene rings is 2. The Hall–Kier alpha value is -2.42. The standard InChI is InChI=1S/C21H20N4OS3/c1-25-18(13-16-9-5-11-27-16)23-24-21(25)29-14-19(26)22-20(17-10-6-12-28-17)15-7-3-2-4-8-15/h2-12,20H,13-14H2,1H3,(H,22,26). The number of rotatable bonds is 8. The van der Waals surface area contributed by atoms with Gasteiger partial charge in [0.15, 0.2) is 5.16 Å². The second-order valence-electron chi connectivity index (χ2n) is 6.43. The van der Waals surface area contributed by atoms with Crippen molar-refractivity contribution in [2.24, 2.45) is 7.05 Å². The van der Waals surface area contributed by atoms with Crippen LogP contribution in [0.15, 0.2) is 70.5 Å². The Morgan fingerprint density at radius 1 is 1.07 bits per heavy atom. The molecule has 1 N–H and O–H groups in total. The first-order valence-corrected chi connectivity index (χ1v) is 11.9. The fourth-order valence-electron chi connectivity index (χ4n) is 2.95. The van der Waals surface area contributed by atoms with Crippen molar-refractivity contribution >= 4 is 40.3 Å². The van der Waals surface area contributed by atoms with Gasteiger partial charge in [-0.05, 0) is 28.5 Å². The molecule has 0 saturated heterocycles. The van der Waals surface area contributed by atoms with Crippen LogP contribution in [-0.2, 0) is 18.3 Å². The third-order valence-electron chi connectivity index (χ3n) is 4.44. The Labute approximate surface area is 181 Å². The van der Waals surface area contributed by atoms with Crippen LogP contribution >= 0.6 is 34.4 Å². The molecule has 0 fully saturated rings. The van der Waals surface area contributed by atoms with E-state index < -0.39 is 0 Å². The van der Waals surface area contributed by atoms with Gasteiger partial charge in [-0.1, -0.05) is 54.2 Å². The van der Waals surface area contributed by atoms with Gasteiger partial charge in [-0.2, -0.15) is 0 Å². The summed E-state index contributed by atoms with van der Waals surface area (Å²) in [6.07, 6.45) is 0.752. The van der Waals surface area contributed by atoms with Crippen LogP contribution in [0.4, 0.5) is 0 Å². The molecular formula is C21H20N4OS3. The van der Waals surface area contributed by atoms with Gasteiger partial charge in [-0.25, -0.2) is 0 Å². The smallest absolute Gasteiger partial charge is 0.231 e. The Kier molecular flexibility index (Phi) is 6.43. The molecule has 0 aliphatic rings. The minimum atomic E-state index is -0.141. The van der Waals surface area contributed by atoms with Gasteiger partial charge < -0.3 is 9.88 Å². The number of nitrogens with one attached hydrogen (secondary N) is 1. The Balaban J connectivity index is 1.40. The lowest BCUT2D eigenvalue weighted by Gasteiger charge is -2.18. The summed E-state index contributed by atoms with van der Waals surface area (Å²) < 4.78 is 1.96. The normalized spacial score (nSPS) is 12.0. The zero-order valence-electron chi connectivity index (χ0n) is 15.8. The molecule has 3 heterocycles. The minimum absolute atomic E-state index is 0.0277. The van der Waals surface area contributed by atoms with Crippen LogP contribution in [0.1, 0.15) is 27.2 Å². The number of thioether (sulfide) groups is 1. The lowest BCUT2D eigenvalue weighted by Crippen LogP contribution is -2.30. The van der Waals surface area contributed by atoms with E-state index in [0.29, 0.717) is 5.75 Å². The molecule has 0 bridgehead atoms. The van der Waals surface area contributed by atoms with E-state index in [4.69, 9.17) is 0 Å². The average Bonchev–Trinajstić information content (AvgIpc) is 3.50. The molecule has 0 spiro atoms. The van der Waals surface area contributed by atoms with Crippen LogP contribution in [-0.4, -0.2) is 26.4 Å². The Morgan fingerprint density at radius 3 is 2.59 bits per heavy atom. The molecule has 4 aromatic rings. The molecular weight excluding hydrogens is 420 g/mol. The van der Waals surface area contributed by atoms with E-state index in [2.05, 4.69) is 33.0 Å². The lowest BCUT2D eigenvalue weighted by molar-refractivity contribution is -0.119. The van der Waals surface area contributed by atoms with Crippen molar-refractivity contribution in [2.75, 3.05) is 5.75 Å². The Morgan fingerprint density at radius 2 is 1.86 bits per heavy atom. The van der Waals surface area contributed by atoms with Crippen LogP contribution in [0, 0.1) is 0 Å². The van der Waals surface area contributed by atoms with Gasteiger partial charge in [0.25, 0.3) is 0 Å². The summed E-state index contributed by atoms with van der Waals surface area (Å²) in [5, 5.41) is 16.5. The number of carbonyl (C=O) groups excluding carboxylic acids is 1. The van der Waals surface area contributed by atoms with E-state index in [1.807, 2.05) is 59.5 Å². The number of aromatic nitrogens is 3. The fourth-order valence-corrected chi connectivity index (χ4v) is 5.19. The second kappa shape index (κ2) is 9.39. The molecule has 1 atom stereocenters. The maximum atomic E-state index is 12.7. The molecule has 0 aliphatic heterocycles. The van der Waals surface area contributed by atoms with Crippen molar-refractivity contribution in [2.45, 2.75) is 17.6 Å². The van der Waals surface area contributed by atoms with Crippen LogP contribution < -0.4 is 5.32 Å². The molecule has 3 aromatic heterocycles. The topological polar surface area (TPSA) is 59.8 Å². The largest absolute Gasteiger partial charge is 0.344 e. The molecule has 1 amide bonds. The van der Waals surface area contributed by atoms with Crippen LogP contribution in [0.5, 0.6) is 0 Å². The highest BCUT2D eigenvalue weighted by Crippen LogP contribution is 2.26. The van der Waals surface area contributed by atoms with Gasteiger partial charge in [-0.3, -0.25) is 4.79 Å². The summed E-state index contributed by atoms with van der Waals surface area (Å²) in [5.41, 5.74) is 1.07. The summed E-state index contributed by atoms with van der Waals surface area (Å²) >= 11 is 4.76. The van der Waals surface area contributed by atoms with Crippen LogP contribution in [0.25, 0.3) is 0 Å². The molecule has 8 heteroatoms. The predicted molar refractivity (Wildman–Crippen MR) is 120 cm³/mol. The fraction of sp³-hybridized carbons (Fsp3) is 0.190. The summed E-state index contributed by atoms with van der Waals surface area (Å²) in [6, 6.07) is 18.1. The first kappa shape index (κ1) is 19.9. The van der Waals surface area contributed by atoms with E-state index in [0.717, 1.165) is 27.8 Å². The highest BCUT2D eigenvalue weighted by Gasteiger charge is 2.19. The van der Waals surface area contributed by atoms with E-state index in [1.165, 1.54) is 16.6 Å². The molecule has 0 radical (unpaired) electrons. The summed E-state index contributed by atoms with van der Waals surface area (Å²) in [5.74, 6) is 1.16. The molecule has 1 aromatic carbocycles. The highest BCUT2D eigenvalue weighted by atomic mass is 32.2. The third kappa shape index (κ3) is 4.95. The molecule has 4 rings (SSSR count). The Bertz CT molecular complexity index is 1040. The summed E-state index contributed by atoms with van der Waals surface area (Å²) in [4.78, 5) is 15.1. The number of hydrogen-bond acceptors (Lipinski definition) is 6. The number of hydrogen-bond donors (Lipinski definition) is 1. The van der Waals surface area contributed by atoms with Gasteiger partial charge >= 0.3 is 0 Å². The van der Waals surface area contributed by atoms with E-state index >= 15 is 0 Å². The zero-order chi connectivity index (χ0) is 20.1. The number of benzene rings is 1. The van der Waals surface area contributed by atoms with Crippen molar-refractivity contribution in [3.05, 3.63) is 86.5 Å². The lowest BCUT2D eigenvalue weighted by atomic mass is 10.1. The van der Waals surface area contributed by atoms with Gasteiger partial charge in [-0.15, -0.1) is 32.9 Å². The number of amides is 1. The second-order valence-corrected chi connectivity index (χ2v) is 9.38. The SMILES string of the molecule is Cn1c(Cc2cccs2)nnc1SCC(=O)NC(c1ccccc1)c1cccs1. The molecule has 0 saturated carbocycles. The quantitative estimate of drug-likeness (QED) is 0.409. The zero-order valence-corrected chi connectivity index (χ0v) is 18.3. The first-order chi connectivity index (χ1) is 14.2. The van der Waals surface area contributed by atoms with Gasteiger partial charge in [0, 0.05) is 23.2 Å². The van der Waals surface area contributed by atoms with E-state index in [1.54, 1.807) is 22.7 Å². The van der Waals surface area contributed by atoms with Crippen LogP contribution in [0.2, 0.25) is 0 Å². The van der Waals surface area contributed by atoms with Gasteiger partial charge in [0.05, 0.1) is 11.8 Å². The van der Waals surface area contributed by atoms with Gasteiger partial charge in [0.1, 0.15) is 5.82 Å². The number of carbonyl (C=O) groups is 1. The maximum absolute atomic E-state index is 12.7. The van der Waals surface area contributed by atoms with E-state index in [-0.39, 0.29) is 11.9 Å². The monoisotopic (exact) mass is 440 g/mol. The minimum Gasteiger partial charge on any atom is -0.344 e. The van der Waals surface area contributed by atoms with Crippen molar-refractivity contribution in [3.8, 4) is 0 Å². The summed E-state index contributed by atoms with van der Waals surface area (Å²) in [6.45, 7) is 0. The van der Waals surface area contributed by atoms with Crippen molar-refractivity contribution in [1.29, 1.82) is 0 Å². The van der Waals surface area contributed by atoms with Crippen molar-refractivity contribution in [1.82, 2.24) is 20.1 Å². The molecule has 148 valence electrons. The van der Waals surface area contributed by atoms with E-state index in [9.17, 15) is 4.79 Å². The third-order valence-corrected chi connectivity index (χ3v) is 7.27. The number of nitrogens with zero attached hydrogens (tertiary/aromatic N) is 3. The summed E-state index contributed by atoms with van der Waals surface area (Å²) in [7, 11) is 1.95. The van der Waals surface area contributed by atoms with Crippen LogP contribution in [0.3, 0.4) is 0 Å². The molecule has 1 unspecified atom stereocenters. The molecule has 0 aliphatic carbocycles. The first-order valence-electron chi connectivity index (χ1n) is 9.12. The highest BCUT2D eigenvalue weighted by molar-refractivity contribution is 7.99. The van der Waals surface area contributed by atoms with Crippen molar-refractivity contribution < 1.29 is 4.79 Å².